The monoisotopic (exact) mass is 341 g/mol. The zero-order chi connectivity index (χ0) is 17.5. The summed E-state index contributed by atoms with van der Waals surface area (Å²) in [6, 6.07) is 10.2. The van der Waals surface area contributed by atoms with Gasteiger partial charge >= 0.3 is 0 Å². The van der Waals surface area contributed by atoms with Gasteiger partial charge in [0.25, 0.3) is 0 Å². The van der Waals surface area contributed by atoms with Crippen LogP contribution >= 0.6 is 0 Å². The van der Waals surface area contributed by atoms with Crippen LogP contribution in [-0.4, -0.2) is 61.0 Å². The Morgan fingerprint density at radius 3 is 2.96 bits per heavy atom. The molecule has 0 aliphatic carbocycles. The summed E-state index contributed by atoms with van der Waals surface area (Å²) < 4.78 is 7.37. The molecule has 1 unspecified atom stereocenters. The first-order valence-electron chi connectivity index (χ1n) is 8.85. The average molecular weight is 341 g/mol. The number of benzene rings is 1. The molecular weight excluding hydrogens is 314 g/mol. The first-order valence-corrected chi connectivity index (χ1v) is 8.85. The van der Waals surface area contributed by atoms with Crippen LogP contribution in [-0.2, 0) is 11.2 Å². The predicted molar refractivity (Wildman–Crippen MR) is 100 cm³/mol. The highest BCUT2D eigenvalue weighted by molar-refractivity contribution is 5.79. The summed E-state index contributed by atoms with van der Waals surface area (Å²) in [6.45, 7) is 3.56. The molecule has 1 N–H and O–H groups in total. The number of guanidine groups is 1. The second kappa shape index (κ2) is 8.67. The molecule has 0 bridgehead atoms. The number of para-hydroxylation sites is 1. The molecule has 6 heteroatoms. The van der Waals surface area contributed by atoms with E-state index in [1.807, 2.05) is 36.1 Å². The van der Waals surface area contributed by atoms with E-state index >= 15 is 0 Å². The molecule has 0 spiro atoms. The number of nitrogens with one attached hydrogen (secondary N) is 1. The summed E-state index contributed by atoms with van der Waals surface area (Å²) in [6.07, 6.45) is 6.06. The van der Waals surface area contributed by atoms with Crippen LogP contribution in [0.5, 0.6) is 0 Å². The summed E-state index contributed by atoms with van der Waals surface area (Å²) in [5.74, 6) is 1.54. The lowest BCUT2D eigenvalue weighted by Crippen LogP contribution is -2.42. The molecule has 1 aromatic carbocycles. The minimum atomic E-state index is 0.604. The van der Waals surface area contributed by atoms with E-state index in [9.17, 15) is 0 Å². The van der Waals surface area contributed by atoms with E-state index < -0.39 is 0 Å². The topological polar surface area (TPSA) is 54.7 Å². The van der Waals surface area contributed by atoms with Crippen molar-refractivity contribution in [2.45, 2.75) is 12.8 Å². The van der Waals surface area contributed by atoms with Gasteiger partial charge in [-0.1, -0.05) is 18.2 Å². The second-order valence-electron chi connectivity index (χ2n) is 6.46. The molecule has 2 heterocycles. The number of ether oxygens (including phenoxy) is 1. The third kappa shape index (κ3) is 4.82. The summed E-state index contributed by atoms with van der Waals surface area (Å²) in [5.41, 5.74) is 2.29. The van der Waals surface area contributed by atoms with Crippen LogP contribution in [0.15, 0.2) is 47.7 Å². The molecule has 25 heavy (non-hydrogen) atoms. The Hall–Kier alpha value is -2.34. The van der Waals surface area contributed by atoms with E-state index in [-0.39, 0.29) is 0 Å². The maximum absolute atomic E-state index is 5.45. The molecule has 1 atom stereocenters. The molecule has 1 aliphatic heterocycles. The quantitative estimate of drug-likeness (QED) is 0.645. The molecule has 1 saturated heterocycles. The van der Waals surface area contributed by atoms with Gasteiger partial charge in [0, 0.05) is 45.9 Å². The summed E-state index contributed by atoms with van der Waals surface area (Å²) >= 11 is 0. The highest BCUT2D eigenvalue weighted by atomic mass is 16.5. The number of hydrogen-bond donors (Lipinski definition) is 1. The van der Waals surface area contributed by atoms with Gasteiger partial charge in [0.1, 0.15) is 0 Å². The zero-order valence-electron chi connectivity index (χ0n) is 15.1. The number of nitrogens with zero attached hydrogens (tertiary/aromatic N) is 4. The Bertz CT molecular complexity index is 676. The number of aromatic nitrogens is 2. The fraction of sp³-hybridized carbons (Fsp3) is 0.474. The van der Waals surface area contributed by atoms with Crippen LogP contribution in [0.1, 0.15) is 12.0 Å². The summed E-state index contributed by atoms with van der Waals surface area (Å²) in [7, 11) is 3.92. The Morgan fingerprint density at radius 1 is 1.40 bits per heavy atom. The largest absolute Gasteiger partial charge is 0.381 e. The maximum Gasteiger partial charge on any atom is 0.193 e. The normalized spacial score (nSPS) is 17.7. The molecule has 0 radical (unpaired) electrons. The van der Waals surface area contributed by atoms with Crippen LogP contribution < -0.4 is 5.32 Å². The third-order valence-corrected chi connectivity index (χ3v) is 4.48. The van der Waals surface area contributed by atoms with Crippen LogP contribution in [0.4, 0.5) is 0 Å². The van der Waals surface area contributed by atoms with Crippen molar-refractivity contribution >= 4 is 5.96 Å². The molecular formula is C19H27N5O. The van der Waals surface area contributed by atoms with E-state index in [2.05, 4.69) is 45.7 Å². The zero-order valence-corrected chi connectivity index (χ0v) is 15.1. The van der Waals surface area contributed by atoms with Gasteiger partial charge in [-0.15, -0.1) is 0 Å². The van der Waals surface area contributed by atoms with Crippen molar-refractivity contribution in [3.63, 3.8) is 0 Å². The fourth-order valence-electron chi connectivity index (χ4n) is 3.12. The minimum absolute atomic E-state index is 0.604. The lowest BCUT2D eigenvalue weighted by atomic mass is 10.1. The van der Waals surface area contributed by atoms with Gasteiger partial charge in [-0.05, 0) is 30.5 Å². The highest BCUT2D eigenvalue weighted by Gasteiger charge is 2.18. The van der Waals surface area contributed by atoms with Crippen molar-refractivity contribution in [2.24, 2.45) is 10.9 Å². The smallest absolute Gasteiger partial charge is 0.193 e. The number of rotatable bonds is 6. The van der Waals surface area contributed by atoms with Gasteiger partial charge in [0.15, 0.2) is 5.96 Å². The van der Waals surface area contributed by atoms with E-state index in [0.29, 0.717) is 5.92 Å². The predicted octanol–water partition coefficient (Wildman–Crippen LogP) is 1.96. The van der Waals surface area contributed by atoms with Crippen molar-refractivity contribution in [2.75, 3.05) is 40.4 Å². The lowest BCUT2D eigenvalue weighted by Gasteiger charge is -2.24. The Morgan fingerprint density at radius 2 is 2.24 bits per heavy atom. The van der Waals surface area contributed by atoms with Crippen molar-refractivity contribution in [1.82, 2.24) is 20.0 Å². The Balaban J connectivity index is 1.47. The SMILES string of the molecule is CN=C(NCCc1cnn(-c2ccccc2)c1)N(C)CC1CCOC1. The van der Waals surface area contributed by atoms with Crippen LogP contribution in [0.2, 0.25) is 0 Å². The standard InChI is InChI=1S/C19H27N5O/c1-20-19(23(2)13-17-9-11-25-15-17)21-10-8-16-12-22-24(14-16)18-6-4-3-5-7-18/h3-7,12,14,17H,8-11,13,15H2,1-2H3,(H,20,21). The van der Waals surface area contributed by atoms with E-state index in [1.165, 1.54) is 5.56 Å². The van der Waals surface area contributed by atoms with E-state index in [1.54, 1.807) is 0 Å². The number of aliphatic imine (C=N–C) groups is 1. The molecule has 0 saturated carbocycles. The van der Waals surface area contributed by atoms with Crippen LogP contribution in [0, 0.1) is 5.92 Å². The summed E-state index contributed by atoms with van der Waals surface area (Å²) in [5, 5.41) is 7.88. The van der Waals surface area contributed by atoms with Crippen molar-refractivity contribution in [1.29, 1.82) is 0 Å². The second-order valence-corrected chi connectivity index (χ2v) is 6.46. The van der Waals surface area contributed by atoms with Crippen molar-refractivity contribution in [3.8, 4) is 5.69 Å². The molecule has 1 fully saturated rings. The Labute approximate surface area is 149 Å². The summed E-state index contributed by atoms with van der Waals surface area (Å²) in [4.78, 5) is 6.57. The molecule has 2 aromatic rings. The molecule has 0 amide bonds. The molecule has 1 aliphatic rings. The van der Waals surface area contributed by atoms with Gasteiger partial charge in [-0.2, -0.15) is 5.10 Å². The van der Waals surface area contributed by atoms with Crippen LogP contribution in [0.25, 0.3) is 5.69 Å². The average Bonchev–Trinajstić information content (AvgIpc) is 3.31. The first kappa shape index (κ1) is 17.5. The highest BCUT2D eigenvalue weighted by Crippen LogP contribution is 2.13. The van der Waals surface area contributed by atoms with Crippen LogP contribution in [0.3, 0.4) is 0 Å². The molecule has 134 valence electrons. The van der Waals surface area contributed by atoms with Gasteiger partial charge in [0.2, 0.25) is 0 Å². The van der Waals surface area contributed by atoms with Gasteiger partial charge in [-0.25, -0.2) is 4.68 Å². The first-order chi connectivity index (χ1) is 12.3. The van der Waals surface area contributed by atoms with Gasteiger partial charge in [-0.3, -0.25) is 4.99 Å². The van der Waals surface area contributed by atoms with Crippen molar-refractivity contribution in [3.05, 3.63) is 48.3 Å². The fourth-order valence-corrected chi connectivity index (χ4v) is 3.12. The molecule has 6 nitrogen and oxygen atoms in total. The number of hydrogen-bond acceptors (Lipinski definition) is 3. The molecule has 3 rings (SSSR count). The Kier molecular flexibility index (Phi) is 6.06. The maximum atomic E-state index is 5.45. The van der Waals surface area contributed by atoms with Gasteiger partial charge in [0.05, 0.1) is 18.5 Å². The molecule has 1 aromatic heterocycles. The van der Waals surface area contributed by atoms with Crippen molar-refractivity contribution < 1.29 is 4.74 Å². The van der Waals surface area contributed by atoms with E-state index in [4.69, 9.17) is 4.74 Å². The third-order valence-electron chi connectivity index (χ3n) is 4.48. The van der Waals surface area contributed by atoms with E-state index in [0.717, 1.165) is 50.8 Å². The minimum Gasteiger partial charge on any atom is -0.381 e. The lowest BCUT2D eigenvalue weighted by molar-refractivity contribution is 0.181. The van der Waals surface area contributed by atoms with Gasteiger partial charge < -0.3 is 15.0 Å².